The van der Waals surface area contributed by atoms with E-state index in [1.165, 1.54) is 23.5 Å². The molecule has 0 aliphatic rings. The van der Waals surface area contributed by atoms with Gasteiger partial charge >= 0.3 is 0 Å². The SMILES string of the molecule is Cc1ccc(F)c(-c2nnc(CCCNC(C)C)s2)c1F. The molecule has 0 saturated carbocycles. The van der Waals surface area contributed by atoms with Crippen molar-refractivity contribution in [3.05, 3.63) is 34.3 Å². The Morgan fingerprint density at radius 3 is 2.71 bits per heavy atom. The van der Waals surface area contributed by atoms with Crippen molar-refractivity contribution < 1.29 is 8.78 Å². The van der Waals surface area contributed by atoms with Gasteiger partial charge in [0.25, 0.3) is 0 Å². The van der Waals surface area contributed by atoms with Crippen LogP contribution in [-0.4, -0.2) is 22.8 Å². The lowest BCUT2D eigenvalue weighted by Gasteiger charge is -2.06. The topological polar surface area (TPSA) is 37.8 Å². The van der Waals surface area contributed by atoms with E-state index in [2.05, 4.69) is 29.4 Å². The zero-order chi connectivity index (χ0) is 15.4. The Bertz CT molecular complexity index is 611. The zero-order valence-corrected chi connectivity index (χ0v) is 13.2. The van der Waals surface area contributed by atoms with Crippen LogP contribution in [0.15, 0.2) is 12.1 Å². The molecule has 0 bridgehead atoms. The highest BCUT2D eigenvalue weighted by molar-refractivity contribution is 7.14. The van der Waals surface area contributed by atoms with Gasteiger partial charge in [0.05, 0.1) is 5.56 Å². The van der Waals surface area contributed by atoms with E-state index in [1.807, 2.05) is 0 Å². The second-order valence-electron chi connectivity index (χ2n) is 5.27. The molecule has 0 unspecified atom stereocenters. The van der Waals surface area contributed by atoms with Crippen molar-refractivity contribution in [3.8, 4) is 10.6 Å². The third kappa shape index (κ3) is 4.04. The maximum Gasteiger partial charge on any atom is 0.153 e. The minimum atomic E-state index is -0.595. The smallest absolute Gasteiger partial charge is 0.153 e. The monoisotopic (exact) mass is 311 g/mol. The van der Waals surface area contributed by atoms with Crippen LogP contribution in [0, 0.1) is 18.6 Å². The summed E-state index contributed by atoms with van der Waals surface area (Å²) in [6.45, 7) is 6.68. The lowest BCUT2D eigenvalue weighted by atomic mass is 10.1. The Morgan fingerprint density at radius 1 is 1.24 bits per heavy atom. The van der Waals surface area contributed by atoms with Crippen LogP contribution in [0.2, 0.25) is 0 Å². The Labute approximate surface area is 127 Å². The first kappa shape index (κ1) is 16.0. The van der Waals surface area contributed by atoms with Crippen molar-refractivity contribution in [2.45, 2.75) is 39.7 Å². The molecule has 0 fully saturated rings. The predicted octanol–water partition coefficient (Wildman–Crippen LogP) is 3.72. The maximum absolute atomic E-state index is 14.0. The van der Waals surface area contributed by atoms with Crippen LogP contribution in [0.1, 0.15) is 30.8 Å². The number of benzene rings is 1. The van der Waals surface area contributed by atoms with E-state index < -0.39 is 11.6 Å². The first-order chi connectivity index (χ1) is 9.99. The third-order valence-electron chi connectivity index (χ3n) is 3.08. The van der Waals surface area contributed by atoms with Gasteiger partial charge in [-0.3, -0.25) is 0 Å². The van der Waals surface area contributed by atoms with E-state index in [0.717, 1.165) is 24.4 Å². The first-order valence-corrected chi connectivity index (χ1v) is 7.81. The fraction of sp³-hybridized carbons (Fsp3) is 0.467. The van der Waals surface area contributed by atoms with Gasteiger partial charge in [0, 0.05) is 12.5 Å². The normalized spacial score (nSPS) is 11.3. The van der Waals surface area contributed by atoms with Crippen molar-refractivity contribution in [3.63, 3.8) is 0 Å². The molecule has 0 saturated heterocycles. The Kier molecular flexibility index (Phi) is 5.36. The van der Waals surface area contributed by atoms with Crippen LogP contribution in [0.3, 0.4) is 0 Å². The summed E-state index contributed by atoms with van der Waals surface area (Å²) in [7, 11) is 0. The second-order valence-corrected chi connectivity index (χ2v) is 6.33. The molecule has 0 aliphatic heterocycles. The van der Waals surface area contributed by atoms with Crippen LogP contribution in [0.4, 0.5) is 8.78 Å². The van der Waals surface area contributed by atoms with E-state index in [0.29, 0.717) is 16.6 Å². The van der Waals surface area contributed by atoms with E-state index in [-0.39, 0.29) is 5.56 Å². The minimum absolute atomic E-state index is 0.0703. The standard InChI is InChI=1S/C15H19F2N3S/c1-9(2)18-8-4-5-12-19-20-15(21-12)13-11(16)7-6-10(3)14(13)17/h6-7,9,18H,4-5,8H2,1-3H3. The van der Waals surface area contributed by atoms with Crippen molar-refractivity contribution in [2.75, 3.05) is 6.54 Å². The Balaban J connectivity index is 2.08. The molecule has 21 heavy (non-hydrogen) atoms. The summed E-state index contributed by atoms with van der Waals surface area (Å²) in [5, 5.41) is 12.4. The fourth-order valence-electron chi connectivity index (χ4n) is 1.94. The van der Waals surface area contributed by atoms with E-state index in [1.54, 1.807) is 6.92 Å². The molecular formula is C15H19F2N3S. The van der Waals surface area contributed by atoms with Crippen molar-refractivity contribution in [1.82, 2.24) is 15.5 Å². The molecule has 1 aromatic heterocycles. The number of rotatable bonds is 6. The summed E-state index contributed by atoms with van der Waals surface area (Å²) in [6.07, 6.45) is 1.68. The molecule has 0 spiro atoms. The van der Waals surface area contributed by atoms with Gasteiger partial charge in [0.1, 0.15) is 16.6 Å². The summed E-state index contributed by atoms with van der Waals surface area (Å²) >= 11 is 1.25. The minimum Gasteiger partial charge on any atom is -0.315 e. The van der Waals surface area contributed by atoms with Gasteiger partial charge in [-0.15, -0.1) is 10.2 Å². The second kappa shape index (κ2) is 7.04. The molecule has 2 rings (SSSR count). The van der Waals surface area contributed by atoms with Crippen LogP contribution in [0.25, 0.3) is 10.6 Å². The molecule has 1 aromatic carbocycles. The van der Waals surface area contributed by atoms with Crippen LogP contribution in [-0.2, 0) is 6.42 Å². The highest BCUT2D eigenvalue weighted by Crippen LogP contribution is 2.30. The Morgan fingerprint density at radius 2 is 2.00 bits per heavy atom. The summed E-state index contributed by atoms with van der Waals surface area (Å²) in [5.41, 5.74) is 0.336. The first-order valence-electron chi connectivity index (χ1n) is 6.99. The highest BCUT2D eigenvalue weighted by Gasteiger charge is 2.17. The van der Waals surface area contributed by atoms with Gasteiger partial charge in [0.2, 0.25) is 0 Å². The highest BCUT2D eigenvalue weighted by atomic mass is 32.1. The van der Waals surface area contributed by atoms with Gasteiger partial charge in [0.15, 0.2) is 5.01 Å². The maximum atomic E-state index is 14.0. The number of hydrogen-bond donors (Lipinski definition) is 1. The molecule has 1 heterocycles. The average molecular weight is 311 g/mol. The largest absolute Gasteiger partial charge is 0.315 e. The van der Waals surface area contributed by atoms with Gasteiger partial charge in [-0.2, -0.15) is 0 Å². The Hall–Kier alpha value is -1.40. The predicted molar refractivity (Wildman–Crippen MR) is 81.5 cm³/mol. The summed E-state index contributed by atoms with van der Waals surface area (Å²) in [5.74, 6) is -1.15. The summed E-state index contributed by atoms with van der Waals surface area (Å²) in [4.78, 5) is 0. The molecular weight excluding hydrogens is 292 g/mol. The van der Waals surface area contributed by atoms with Crippen molar-refractivity contribution >= 4 is 11.3 Å². The van der Waals surface area contributed by atoms with Crippen molar-refractivity contribution in [1.29, 1.82) is 0 Å². The zero-order valence-electron chi connectivity index (χ0n) is 12.4. The number of halogens is 2. The quantitative estimate of drug-likeness (QED) is 0.826. The third-order valence-corrected chi connectivity index (χ3v) is 4.09. The van der Waals surface area contributed by atoms with Gasteiger partial charge in [-0.1, -0.05) is 31.3 Å². The number of nitrogens with zero attached hydrogens (tertiary/aromatic N) is 2. The lowest BCUT2D eigenvalue weighted by molar-refractivity contribution is 0.569. The van der Waals surface area contributed by atoms with Crippen LogP contribution in [0.5, 0.6) is 0 Å². The van der Waals surface area contributed by atoms with Crippen LogP contribution < -0.4 is 5.32 Å². The van der Waals surface area contributed by atoms with Gasteiger partial charge < -0.3 is 5.32 Å². The lowest BCUT2D eigenvalue weighted by Crippen LogP contribution is -2.23. The number of aromatic nitrogens is 2. The molecule has 2 aromatic rings. The van der Waals surface area contributed by atoms with Crippen molar-refractivity contribution in [2.24, 2.45) is 0 Å². The van der Waals surface area contributed by atoms with E-state index >= 15 is 0 Å². The molecule has 0 atom stereocenters. The average Bonchev–Trinajstić information content (AvgIpc) is 2.88. The molecule has 0 amide bonds. The molecule has 0 radical (unpaired) electrons. The summed E-state index contributed by atoms with van der Waals surface area (Å²) < 4.78 is 27.9. The van der Waals surface area contributed by atoms with E-state index in [4.69, 9.17) is 0 Å². The summed E-state index contributed by atoms with van der Waals surface area (Å²) in [6, 6.07) is 3.14. The molecule has 6 heteroatoms. The van der Waals surface area contributed by atoms with E-state index in [9.17, 15) is 8.78 Å². The number of hydrogen-bond acceptors (Lipinski definition) is 4. The molecule has 114 valence electrons. The van der Waals surface area contributed by atoms with Crippen LogP contribution >= 0.6 is 11.3 Å². The molecule has 3 nitrogen and oxygen atoms in total. The molecule has 1 N–H and O–H groups in total. The number of aryl methyl sites for hydroxylation is 2. The fourth-order valence-corrected chi connectivity index (χ4v) is 2.86. The molecule has 0 aliphatic carbocycles. The number of nitrogens with one attached hydrogen (secondary N) is 1. The van der Waals surface area contributed by atoms with Gasteiger partial charge in [-0.05, 0) is 31.5 Å². The van der Waals surface area contributed by atoms with Gasteiger partial charge in [-0.25, -0.2) is 8.78 Å².